The molecule has 1 unspecified atom stereocenters. The summed E-state index contributed by atoms with van der Waals surface area (Å²) in [6, 6.07) is 0.106. The van der Waals surface area contributed by atoms with Crippen LogP contribution in [0.25, 0.3) is 0 Å². The maximum Gasteiger partial charge on any atom is 0.306 e. The Balaban J connectivity index is 1.77. The molecule has 26 heavy (non-hydrogen) atoms. The second-order valence-corrected chi connectivity index (χ2v) is 7.05. The maximum absolute atomic E-state index is 12.7. The van der Waals surface area contributed by atoms with Crippen LogP contribution in [-0.4, -0.2) is 83.8 Å². The Morgan fingerprint density at radius 1 is 1.08 bits per heavy atom. The van der Waals surface area contributed by atoms with Crippen LogP contribution < -0.4 is 0 Å². The lowest BCUT2D eigenvalue weighted by atomic mass is 10.1. The quantitative estimate of drug-likeness (QED) is 0.629. The zero-order chi connectivity index (χ0) is 19.3. The minimum atomic E-state index is -0.365. The molecule has 0 N–H and O–H groups in total. The molecule has 0 spiro atoms. The molecule has 3 amide bonds. The molecule has 8 nitrogen and oxygen atoms in total. The van der Waals surface area contributed by atoms with Gasteiger partial charge >= 0.3 is 5.97 Å². The highest BCUT2D eigenvalue weighted by atomic mass is 16.5. The molecule has 0 aromatic rings. The standard InChI is InChI=1S/C18H29N3O5/c1-4-26-17(24)6-5-15(22)19-7-9-20(10-8-19)18(25)14-11-16(23)21(12-14)13(2)3/h13-14H,4-12H2,1-3H3. The van der Waals surface area contributed by atoms with Crippen molar-refractivity contribution < 1.29 is 23.9 Å². The van der Waals surface area contributed by atoms with Gasteiger partial charge in [0.05, 0.1) is 18.9 Å². The summed E-state index contributed by atoms with van der Waals surface area (Å²) in [5, 5.41) is 0. The highest BCUT2D eigenvalue weighted by Gasteiger charge is 2.38. The molecule has 0 aliphatic carbocycles. The van der Waals surface area contributed by atoms with Gasteiger partial charge in [-0.25, -0.2) is 0 Å². The Labute approximate surface area is 154 Å². The fourth-order valence-electron chi connectivity index (χ4n) is 3.43. The number of esters is 1. The number of carbonyl (C=O) groups is 4. The van der Waals surface area contributed by atoms with E-state index < -0.39 is 0 Å². The molecule has 2 aliphatic rings. The Hall–Kier alpha value is -2.12. The van der Waals surface area contributed by atoms with Gasteiger partial charge in [-0.05, 0) is 20.8 Å². The van der Waals surface area contributed by atoms with Crippen molar-refractivity contribution >= 4 is 23.7 Å². The molecule has 0 saturated carbocycles. The number of nitrogens with zero attached hydrogens (tertiary/aromatic N) is 3. The molecule has 0 bridgehead atoms. The van der Waals surface area contributed by atoms with Crippen LogP contribution in [0.4, 0.5) is 0 Å². The van der Waals surface area contributed by atoms with Crippen LogP contribution >= 0.6 is 0 Å². The zero-order valence-corrected chi connectivity index (χ0v) is 15.9. The minimum Gasteiger partial charge on any atom is -0.466 e. The van der Waals surface area contributed by atoms with E-state index in [9.17, 15) is 19.2 Å². The summed E-state index contributed by atoms with van der Waals surface area (Å²) in [6.07, 6.45) is 0.490. The van der Waals surface area contributed by atoms with Crippen molar-refractivity contribution in [3.63, 3.8) is 0 Å². The van der Waals surface area contributed by atoms with Crippen LogP contribution in [0.1, 0.15) is 40.0 Å². The predicted octanol–water partition coefficient (Wildman–Crippen LogP) is 0.257. The van der Waals surface area contributed by atoms with E-state index in [1.165, 1.54) is 0 Å². The van der Waals surface area contributed by atoms with Gasteiger partial charge in [0.2, 0.25) is 17.7 Å². The van der Waals surface area contributed by atoms with E-state index >= 15 is 0 Å². The van der Waals surface area contributed by atoms with Crippen LogP contribution in [-0.2, 0) is 23.9 Å². The molecule has 146 valence electrons. The number of rotatable bonds is 6. The van der Waals surface area contributed by atoms with Gasteiger partial charge in [0.25, 0.3) is 0 Å². The second kappa shape index (κ2) is 9.00. The highest BCUT2D eigenvalue weighted by Crippen LogP contribution is 2.22. The molecule has 2 fully saturated rings. The minimum absolute atomic E-state index is 0.000113. The van der Waals surface area contributed by atoms with E-state index in [2.05, 4.69) is 0 Å². The predicted molar refractivity (Wildman–Crippen MR) is 94.0 cm³/mol. The number of hydrogen-bond acceptors (Lipinski definition) is 5. The summed E-state index contributed by atoms with van der Waals surface area (Å²) in [5.74, 6) is -0.704. The average molecular weight is 367 g/mol. The van der Waals surface area contributed by atoms with Crippen LogP contribution in [0.5, 0.6) is 0 Å². The summed E-state index contributed by atoms with van der Waals surface area (Å²) >= 11 is 0. The van der Waals surface area contributed by atoms with Gasteiger partial charge in [-0.3, -0.25) is 19.2 Å². The van der Waals surface area contributed by atoms with Crippen LogP contribution in [0, 0.1) is 5.92 Å². The van der Waals surface area contributed by atoms with E-state index in [4.69, 9.17) is 4.74 Å². The normalized spacial score (nSPS) is 20.7. The van der Waals surface area contributed by atoms with E-state index in [1.54, 1.807) is 21.6 Å². The summed E-state index contributed by atoms with van der Waals surface area (Å²) in [6.45, 7) is 8.28. The number of hydrogen-bond donors (Lipinski definition) is 0. The van der Waals surface area contributed by atoms with Gasteiger partial charge in [-0.2, -0.15) is 0 Å². The van der Waals surface area contributed by atoms with Crippen molar-refractivity contribution in [2.24, 2.45) is 5.92 Å². The van der Waals surface area contributed by atoms with E-state index in [1.807, 2.05) is 13.8 Å². The summed E-state index contributed by atoms with van der Waals surface area (Å²) in [5.41, 5.74) is 0. The average Bonchev–Trinajstić information content (AvgIpc) is 3.01. The molecule has 0 aromatic carbocycles. The molecule has 2 aliphatic heterocycles. The first kappa shape index (κ1) is 20.2. The van der Waals surface area contributed by atoms with Crippen LogP contribution in [0.2, 0.25) is 0 Å². The largest absolute Gasteiger partial charge is 0.466 e. The summed E-state index contributed by atoms with van der Waals surface area (Å²) < 4.78 is 4.83. The number of carbonyl (C=O) groups excluding carboxylic acids is 4. The van der Waals surface area contributed by atoms with Gasteiger partial charge in [0.15, 0.2) is 0 Å². The van der Waals surface area contributed by atoms with Crippen molar-refractivity contribution in [2.45, 2.75) is 46.1 Å². The summed E-state index contributed by atoms with van der Waals surface area (Å²) in [7, 11) is 0. The molecule has 0 aromatic heterocycles. The smallest absolute Gasteiger partial charge is 0.306 e. The lowest BCUT2D eigenvalue weighted by Crippen LogP contribution is -2.52. The molecule has 1 atom stereocenters. The third kappa shape index (κ3) is 4.95. The first-order valence-corrected chi connectivity index (χ1v) is 9.35. The van der Waals surface area contributed by atoms with Gasteiger partial charge in [-0.15, -0.1) is 0 Å². The highest BCUT2D eigenvalue weighted by molar-refractivity contribution is 5.89. The van der Waals surface area contributed by atoms with E-state index in [0.29, 0.717) is 39.3 Å². The Bertz CT molecular complexity index is 555. The molecule has 8 heteroatoms. The molecule has 0 radical (unpaired) electrons. The van der Waals surface area contributed by atoms with E-state index in [-0.39, 0.29) is 54.9 Å². The van der Waals surface area contributed by atoms with Crippen LogP contribution in [0.3, 0.4) is 0 Å². The molecular formula is C18H29N3O5. The Kier molecular flexibility index (Phi) is 6.99. The zero-order valence-electron chi connectivity index (χ0n) is 15.9. The first-order chi connectivity index (χ1) is 12.3. The van der Waals surface area contributed by atoms with Crippen molar-refractivity contribution in [2.75, 3.05) is 39.3 Å². The fraction of sp³-hybridized carbons (Fsp3) is 0.778. The van der Waals surface area contributed by atoms with Crippen molar-refractivity contribution in [3.05, 3.63) is 0 Å². The van der Waals surface area contributed by atoms with Crippen molar-refractivity contribution in [1.82, 2.24) is 14.7 Å². The monoisotopic (exact) mass is 367 g/mol. The summed E-state index contributed by atoms with van der Waals surface area (Å²) in [4.78, 5) is 53.3. The SMILES string of the molecule is CCOC(=O)CCC(=O)N1CCN(C(=O)C2CC(=O)N(C(C)C)C2)CC1. The second-order valence-electron chi connectivity index (χ2n) is 7.05. The number of likely N-dealkylation sites (tertiary alicyclic amines) is 1. The maximum atomic E-state index is 12.7. The number of amides is 3. The lowest BCUT2D eigenvalue weighted by molar-refractivity contribution is -0.146. The van der Waals surface area contributed by atoms with Crippen LogP contribution in [0.15, 0.2) is 0 Å². The topological polar surface area (TPSA) is 87.2 Å². The Morgan fingerprint density at radius 2 is 1.69 bits per heavy atom. The third-order valence-corrected chi connectivity index (χ3v) is 4.92. The lowest BCUT2D eigenvalue weighted by Gasteiger charge is -2.36. The van der Waals surface area contributed by atoms with Gasteiger partial charge in [0, 0.05) is 51.6 Å². The molecule has 2 heterocycles. The van der Waals surface area contributed by atoms with Gasteiger partial charge in [-0.1, -0.05) is 0 Å². The van der Waals surface area contributed by atoms with Gasteiger partial charge < -0.3 is 19.4 Å². The molecule has 2 saturated heterocycles. The van der Waals surface area contributed by atoms with Crippen molar-refractivity contribution in [1.29, 1.82) is 0 Å². The van der Waals surface area contributed by atoms with E-state index in [0.717, 1.165) is 0 Å². The number of piperazine rings is 1. The molecular weight excluding hydrogens is 338 g/mol. The fourth-order valence-corrected chi connectivity index (χ4v) is 3.43. The first-order valence-electron chi connectivity index (χ1n) is 9.35. The van der Waals surface area contributed by atoms with Crippen molar-refractivity contribution in [3.8, 4) is 0 Å². The number of ether oxygens (including phenoxy) is 1. The molecule has 2 rings (SSSR count). The Morgan fingerprint density at radius 3 is 2.23 bits per heavy atom. The third-order valence-electron chi connectivity index (χ3n) is 4.92. The van der Waals surface area contributed by atoms with Gasteiger partial charge in [0.1, 0.15) is 0 Å².